The van der Waals surface area contributed by atoms with E-state index < -0.39 is 5.60 Å². The predicted octanol–water partition coefficient (Wildman–Crippen LogP) is 3.23. The maximum atomic E-state index is 13.6. The van der Waals surface area contributed by atoms with Crippen molar-refractivity contribution in [2.45, 2.75) is 36.7 Å². The lowest BCUT2D eigenvalue weighted by molar-refractivity contribution is -0.0390. The van der Waals surface area contributed by atoms with Gasteiger partial charge in [-0.2, -0.15) is 0 Å². The summed E-state index contributed by atoms with van der Waals surface area (Å²) in [5, 5.41) is 10.2. The lowest BCUT2D eigenvalue weighted by Gasteiger charge is -2.37. The van der Waals surface area contributed by atoms with Crippen molar-refractivity contribution in [3.63, 3.8) is 0 Å². The van der Waals surface area contributed by atoms with Crippen LogP contribution in [0.1, 0.15) is 30.4 Å². The van der Waals surface area contributed by atoms with E-state index in [1.165, 1.54) is 11.8 Å². The first kappa shape index (κ1) is 11.0. The summed E-state index contributed by atoms with van der Waals surface area (Å²) in [5.74, 6) is -0.158. The van der Waals surface area contributed by atoms with Gasteiger partial charge in [0.05, 0.1) is 5.60 Å². The molecule has 3 heteroatoms. The van der Waals surface area contributed by atoms with Crippen LogP contribution in [0.3, 0.4) is 0 Å². The quantitative estimate of drug-likeness (QED) is 0.781. The van der Waals surface area contributed by atoms with Gasteiger partial charge in [0.1, 0.15) is 5.82 Å². The maximum absolute atomic E-state index is 13.6. The zero-order valence-electron chi connectivity index (χ0n) is 9.01. The van der Waals surface area contributed by atoms with Crippen LogP contribution in [0, 0.1) is 12.7 Å². The van der Waals surface area contributed by atoms with Crippen molar-refractivity contribution in [3.8, 4) is 0 Å². The Hall–Kier alpha value is -0.540. The number of hydrogen-bond acceptors (Lipinski definition) is 2. The van der Waals surface area contributed by atoms with Crippen LogP contribution in [0.15, 0.2) is 17.0 Å². The van der Waals surface area contributed by atoms with Crippen LogP contribution in [-0.4, -0.2) is 11.4 Å². The molecule has 0 spiro atoms. The van der Waals surface area contributed by atoms with Crippen LogP contribution in [0.2, 0.25) is 0 Å². The van der Waals surface area contributed by atoms with Gasteiger partial charge in [0.15, 0.2) is 0 Å². The van der Waals surface area contributed by atoms with Gasteiger partial charge in [-0.15, -0.1) is 11.8 Å². The van der Waals surface area contributed by atoms with E-state index in [2.05, 4.69) is 0 Å². The maximum Gasteiger partial charge on any atom is 0.139 e. The van der Waals surface area contributed by atoms with Crippen molar-refractivity contribution >= 4 is 11.8 Å². The fourth-order valence-corrected chi connectivity index (χ4v) is 2.54. The van der Waals surface area contributed by atoms with E-state index in [0.717, 1.165) is 24.8 Å². The highest BCUT2D eigenvalue weighted by Gasteiger charge is 2.36. The van der Waals surface area contributed by atoms with Gasteiger partial charge in [-0.1, -0.05) is 6.07 Å². The van der Waals surface area contributed by atoms with Gasteiger partial charge in [-0.05, 0) is 49.6 Å². The third kappa shape index (κ3) is 1.79. The lowest BCUT2D eigenvalue weighted by atomic mass is 9.75. The Balaban J connectivity index is 2.45. The molecule has 1 saturated carbocycles. The molecule has 0 atom stereocenters. The molecule has 0 unspecified atom stereocenters. The zero-order chi connectivity index (χ0) is 11.1. The SMILES string of the molecule is CSc1cc(C2(O)CCC2)cc(C)c1F. The molecule has 1 aliphatic carbocycles. The number of hydrogen-bond donors (Lipinski definition) is 1. The number of aryl methyl sites for hydroxylation is 1. The Labute approximate surface area is 93.7 Å². The molecule has 0 amide bonds. The molecule has 1 aromatic carbocycles. The summed E-state index contributed by atoms with van der Waals surface area (Å²) in [6.07, 6.45) is 4.51. The van der Waals surface area contributed by atoms with E-state index in [-0.39, 0.29) is 5.82 Å². The molecule has 1 nitrogen and oxygen atoms in total. The topological polar surface area (TPSA) is 20.2 Å². The summed E-state index contributed by atoms with van der Waals surface area (Å²) in [5.41, 5.74) is 0.803. The molecule has 1 aliphatic rings. The molecule has 0 heterocycles. The van der Waals surface area contributed by atoms with E-state index in [1.807, 2.05) is 6.26 Å². The molecule has 0 radical (unpaired) electrons. The molecule has 0 bridgehead atoms. The van der Waals surface area contributed by atoms with E-state index >= 15 is 0 Å². The van der Waals surface area contributed by atoms with Crippen LogP contribution in [0.25, 0.3) is 0 Å². The van der Waals surface area contributed by atoms with Crippen molar-refractivity contribution in [2.75, 3.05) is 6.26 Å². The van der Waals surface area contributed by atoms with E-state index in [4.69, 9.17) is 0 Å². The first-order valence-electron chi connectivity index (χ1n) is 5.14. The van der Waals surface area contributed by atoms with E-state index in [9.17, 15) is 9.50 Å². The number of thioether (sulfide) groups is 1. The lowest BCUT2D eigenvalue weighted by Crippen LogP contribution is -2.33. The van der Waals surface area contributed by atoms with Crippen molar-refractivity contribution in [1.82, 2.24) is 0 Å². The zero-order valence-corrected chi connectivity index (χ0v) is 9.83. The molecule has 82 valence electrons. The Morgan fingerprint density at radius 3 is 2.53 bits per heavy atom. The summed E-state index contributed by atoms with van der Waals surface area (Å²) in [4.78, 5) is 0.630. The summed E-state index contributed by atoms with van der Waals surface area (Å²) < 4.78 is 13.6. The second-order valence-corrected chi connectivity index (χ2v) is 5.04. The van der Waals surface area contributed by atoms with Crippen LogP contribution < -0.4 is 0 Å². The van der Waals surface area contributed by atoms with Gasteiger partial charge in [-0.3, -0.25) is 0 Å². The Morgan fingerprint density at radius 2 is 2.07 bits per heavy atom. The van der Waals surface area contributed by atoms with Gasteiger partial charge in [-0.25, -0.2) is 4.39 Å². The largest absolute Gasteiger partial charge is 0.385 e. The highest BCUT2D eigenvalue weighted by atomic mass is 32.2. The fraction of sp³-hybridized carbons (Fsp3) is 0.500. The number of halogens is 1. The molecule has 15 heavy (non-hydrogen) atoms. The minimum Gasteiger partial charge on any atom is -0.385 e. The molecule has 0 aliphatic heterocycles. The predicted molar refractivity (Wildman–Crippen MR) is 60.7 cm³/mol. The third-order valence-electron chi connectivity index (χ3n) is 3.16. The molecule has 2 rings (SSSR count). The van der Waals surface area contributed by atoms with E-state index in [1.54, 1.807) is 19.1 Å². The van der Waals surface area contributed by atoms with Crippen molar-refractivity contribution in [3.05, 3.63) is 29.1 Å². The van der Waals surface area contributed by atoms with Crippen molar-refractivity contribution in [2.24, 2.45) is 0 Å². The van der Waals surface area contributed by atoms with Gasteiger partial charge in [0.25, 0.3) is 0 Å². The highest BCUT2D eigenvalue weighted by Crippen LogP contribution is 2.42. The van der Waals surface area contributed by atoms with E-state index in [0.29, 0.717) is 10.5 Å². The minimum atomic E-state index is -0.692. The standard InChI is InChI=1S/C12H15FOS/c1-8-6-9(12(14)4-3-5-12)7-10(15-2)11(8)13/h6-7,14H,3-5H2,1-2H3. The minimum absolute atomic E-state index is 0.158. The summed E-state index contributed by atoms with van der Waals surface area (Å²) >= 11 is 1.39. The first-order valence-corrected chi connectivity index (χ1v) is 6.36. The second-order valence-electron chi connectivity index (χ2n) is 4.19. The summed E-state index contributed by atoms with van der Waals surface area (Å²) in [6, 6.07) is 3.56. The monoisotopic (exact) mass is 226 g/mol. The average molecular weight is 226 g/mol. The molecule has 0 aromatic heterocycles. The van der Waals surface area contributed by atoms with Crippen LogP contribution in [0.5, 0.6) is 0 Å². The number of benzene rings is 1. The Bertz CT molecular complexity index is 385. The second kappa shape index (κ2) is 3.80. The Kier molecular flexibility index (Phi) is 2.77. The summed E-state index contributed by atoms with van der Waals surface area (Å²) in [7, 11) is 0. The highest BCUT2D eigenvalue weighted by molar-refractivity contribution is 7.98. The molecule has 0 saturated heterocycles. The molecule has 1 fully saturated rings. The first-order chi connectivity index (χ1) is 7.07. The van der Waals surface area contributed by atoms with Gasteiger partial charge >= 0.3 is 0 Å². The van der Waals surface area contributed by atoms with Crippen molar-refractivity contribution < 1.29 is 9.50 Å². The van der Waals surface area contributed by atoms with Gasteiger partial charge in [0.2, 0.25) is 0 Å². The van der Waals surface area contributed by atoms with Crippen LogP contribution in [-0.2, 0) is 5.60 Å². The van der Waals surface area contributed by atoms with Gasteiger partial charge in [0, 0.05) is 4.90 Å². The Morgan fingerprint density at radius 1 is 1.40 bits per heavy atom. The van der Waals surface area contributed by atoms with Gasteiger partial charge < -0.3 is 5.11 Å². The smallest absolute Gasteiger partial charge is 0.139 e. The van der Waals surface area contributed by atoms with Crippen molar-refractivity contribution in [1.29, 1.82) is 0 Å². The van der Waals surface area contributed by atoms with Crippen LogP contribution in [0.4, 0.5) is 4.39 Å². The third-order valence-corrected chi connectivity index (χ3v) is 3.90. The summed E-state index contributed by atoms with van der Waals surface area (Å²) in [6.45, 7) is 1.75. The molecule has 1 aromatic rings. The molecular formula is C12H15FOS. The molecular weight excluding hydrogens is 211 g/mol. The van der Waals surface area contributed by atoms with Crippen LogP contribution >= 0.6 is 11.8 Å². The molecule has 1 N–H and O–H groups in total. The number of aliphatic hydroxyl groups is 1. The fourth-order valence-electron chi connectivity index (χ4n) is 1.95. The normalized spacial score (nSPS) is 18.7. The number of rotatable bonds is 2. The average Bonchev–Trinajstić information content (AvgIpc) is 2.18.